The summed E-state index contributed by atoms with van der Waals surface area (Å²) < 4.78 is 5.12. The Morgan fingerprint density at radius 3 is 2.47 bits per heavy atom. The number of ether oxygens (including phenoxy) is 1. The van der Waals surface area contributed by atoms with Crippen LogP contribution in [0.1, 0.15) is 37.8 Å². The van der Waals surface area contributed by atoms with Crippen molar-refractivity contribution in [3.63, 3.8) is 0 Å². The molecule has 19 heavy (non-hydrogen) atoms. The summed E-state index contributed by atoms with van der Waals surface area (Å²) in [5, 5.41) is 3.07. The summed E-state index contributed by atoms with van der Waals surface area (Å²) in [5.41, 5.74) is 6.50. The van der Waals surface area contributed by atoms with Gasteiger partial charge in [0, 0.05) is 6.54 Å². The molecule has 0 aliphatic heterocycles. The molecular weight excluding hydrogens is 240 g/mol. The van der Waals surface area contributed by atoms with Crippen molar-refractivity contribution in [1.82, 2.24) is 5.32 Å². The van der Waals surface area contributed by atoms with Gasteiger partial charge in [-0.05, 0) is 37.5 Å². The van der Waals surface area contributed by atoms with Gasteiger partial charge in [-0.25, -0.2) is 0 Å². The molecule has 0 spiro atoms. The monoisotopic (exact) mass is 262 g/mol. The van der Waals surface area contributed by atoms with Gasteiger partial charge in [0.15, 0.2) is 0 Å². The quantitative estimate of drug-likeness (QED) is 0.853. The average molecular weight is 262 g/mol. The predicted octanol–water partition coefficient (Wildman–Crippen LogP) is 2.00. The second-order valence-corrected chi connectivity index (χ2v) is 5.31. The first-order chi connectivity index (χ1) is 9.11. The first kappa shape index (κ1) is 13.9. The van der Waals surface area contributed by atoms with Crippen LogP contribution in [0, 0.1) is 5.41 Å². The highest BCUT2D eigenvalue weighted by Crippen LogP contribution is 2.40. The van der Waals surface area contributed by atoms with Gasteiger partial charge in [0.25, 0.3) is 0 Å². The third kappa shape index (κ3) is 2.73. The van der Waals surface area contributed by atoms with Crippen LogP contribution in [0.5, 0.6) is 5.75 Å². The summed E-state index contributed by atoms with van der Waals surface area (Å²) in [4.78, 5) is 12.3. The highest BCUT2D eigenvalue weighted by atomic mass is 16.5. The average Bonchev–Trinajstić information content (AvgIpc) is 2.38. The Bertz CT molecular complexity index is 432. The Balaban J connectivity index is 1.99. The molecule has 1 aliphatic rings. The first-order valence-corrected chi connectivity index (χ1v) is 6.76. The predicted molar refractivity (Wildman–Crippen MR) is 74.9 cm³/mol. The van der Waals surface area contributed by atoms with E-state index in [1.165, 1.54) is 0 Å². The van der Waals surface area contributed by atoms with Gasteiger partial charge in [0.2, 0.25) is 5.91 Å². The van der Waals surface area contributed by atoms with E-state index in [2.05, 4.69) is 5.32 Å². The van der Waals surface area contributed by atoms with Gasteiger partial charge in [-0.1, -0.05) is 18.6 Å². The van der Waals surface area contributed by atoms with Crippen LogP contribution in [0.2, 0.25) is 0 Å². The normalized spacial score (nSPS) is 18.3. The largest absolute Gasteiger partial charge is 0.497 e. The van der Waals surface area contributed by atoms with Gasteiger partial charge >= 0.3 is 0 Å². The van der Waals surface area contributed by atoms with Crippen LogP contribution in [0.15, 0.2) is 24.3 Å². The maximum absolute atomic E-state index is 12.3. The van der Waals surface area contributed by atoms with E-state index in [-0.39, 0.29) is 17.4 Å². The van der Waals surface area contributed by atoms with Gasteiger partial charge in [0.1, 0.15) is 5.75 Å². The number of amides is 1. The molecule has 0 radical (unpaired) electrons. The van der Waals surface area contributed by atoms with Crippen LogP contribution in [0.25, 0.3) is 0 Å². The molecule has 0 bridgehead atoms. The van der Waals surface area contributed by atoms with Gasteiger partial charge in [-0.3, -0.25) is 4.79 Å². The molecule has 4 heteroatoms. The van der Waals surface area contributed by atoms with Crippen molar-refractivity contribution >= 4 is 5.91 Å². The molecule has 1 atom stereocenters. The van der Waals surface area contributed by atoms with Gasteiger partial charge in [-0.2, -0.15) is 0 Å². The summed E-state index contributed by atoms with van der Waals surface area (Å²) in [6.07, 6.45) is 2.91. The zero-order valence-electron chi connectivity index (χ0n) is 11.6. The molecule has 2 rings (SSSR count). The number of hydrogen-bond donors (Lipinski definition) is 2. The molecule has 0 unspecified atom stereocenters. The van der Waals surface area contributed by atoms with Gasteiger partial charge in [-0.15, -0.1) is 0 Å². The lowest BCUT2D eigenvalue weighted by Crippen LogP contribution is -2.50. The lowest BCUT2D eigenvalue weighted by atomic mass is 9.68. The van der Waals surface area contributed by atoms with Crippen LogP contribution in [-0.2, 0) is 4.79 Å². The molecule has 3 N–H and O–H groups in total. The number of rotatable bonds is 5. The second-order valence-electron chi connectivity index (χ2n) is 5.31. The summed E-state index contributed by atoms with van der Waals surface area (Å²) in [5.74, 6) is 0.907. The Morgan fingerprint density at radius 2 is 2.05 bits per heavy atom. The molecule has 0 heterocycles. The van der Waals surface area contributed by atoms with Crippen molar-refractivity contribution in [3.05, 3.63) is 29.8 Å². The van der Waals surface area contributed by atoms with E-state index >= 15 is 0 Å². The summed E-state index contributed by atoms with van der Waals surface area (Å²) in [6.45, 7) is 2.43. The van der Waals surface area contributed by atoms with E-state index < -0.39 is 0 Å². The standard InChI is InChI=1S/C15H22N2O2/c1-11(12-4-6-13(19-2)7-5-12)17-14(18)15(10-16)8-3-9-15/h4-7,11H,3,8-10,16H2,1-2H3,(H,17,18)/t11-/m1/s1. The van der Waals surface area contributed by atoms with Gasteiger partial charge in [0.05, 0.1) is 18.6 Å². The molecule has 0 aromatic heterocycles. The van der Waals surface area contributed by atoms with Crippen LogP contribution < -0.4 is 15.8 Å². The van der Waals surface area contributed by atoms with E-state index in [1.54, 1.807) is 7.11 Å². The van der Waals surface area contributed by atoms with E-state index in [4.69, 9.17) is 10.5 Å². The second kappa shape index (κ2) is 5.61. The van der Waals surface area contributed by atoms with E-state index in [0.29, 0.717) is 6.54 Å². The molecule has 1 aliphatic carbocycles. The lowest BCUT2D eigenvalue weighted by molar-refractivity contribution is -0.135. The van der Waals surface area contributed by atoms with Crippen molar-refractivity contribution < 1.29 is 9.53 Å². The molecule has 1 aromatic carbocycles. The van der Waals surface area contributed by atoms with Crippen molar-refractivity contribution in [1.29, 1.82) is 0 Å². The molecule has 1 aromatic rings. The molecule has 4 nitrogen and oxygen atoms in total. The molecule has 104 valence electrons. The lowest BCUT2D eigenvalue weighted by Gasteiger charge is -2.39. The number of carbonyl (C=O) groups excluding carboxylic acids is 1. The fraction of sp³-hybridized carbons (Fsp3) is 0.533. The fourth-order valence-electron chi connectivity index (χ4n) is 2.45. The van der Waals surface area contributed by atoms with Crippen molar-refractivity contribution in [2.24, 2.45) is 11.1 Å². The summed E-state index contributed by atoms with van der Waals surface area (Å²) in [7, 11) is 1.64. The molecule has 1 amide bonds. The third-order valence-corrected chi connectivity index (χ3v) is 4.15. The fourth-order valence-corrected chi connectivity index (χ4v) is 2.45. The Kier molecular flexibility index (Phi) is 4.10. The van der Waals surface area contributed by atoms with Crippen LogP contribution in [-0.4, -0.2) is 19.6 Å². The van der Waals surface area contributed by atoms with E-state index in [9.17, 15) is 4.79 Å². The van der Waals surface area contributed by atoms with Crippen LogP contribution >= 0.6 is 0 Å². The third-order valence-electron chi connectivity index (χ3n) is 4.15. The zero-order valence-corrected chi connectivity index (χ0v) is 11.6. The SMILES string of the molecule is COc1ccc([C@@H](C)NC(=O)C2(CN)CCC2)cc1. The minimum atomic E-state index is -0.319. The van der Waals surface area contributed by atoms with E-state index in [1.807, 2.05) is 31.2 Å². The maximum atomic E-state index is 12.3. The highest BCUT2D eigenvalue weighted by Gasteiger charge is 2.43. The Labute approximate surface area is 114 Å². The number of nitrogens with one attached hydrogen (secondary N) is 1. The Morgan fingerprint density at radius 1 is 1.42 bits per heavy atom. The Hall–Kier alpha value is -1.55. The number of carbonyl (C=O) groups is 1. The number of benzene rings is 1. The minimum Gasteiger partial charge on any atom is -0.497 e. The maximum Gasteiger partial charge on any atom is 0.227 e. The van der Waals surface area contributed by atoms with E-state index in [0.717, 1.165) is 30.6 Å². The molecule has 1 fully saturated rings. The smallest absolute Gasteiger partial charge is 0.227 e. The van der Waals surface area contributed by atoms with Crippen LogP contribution in [0.3, 0.4) is 0 Å². The zero-order chi connectivity index (χ0) is 13.9. The highest BCUT2D eigenvalue weighted by molar-refractivity contribution is 5.84. The van der Waals surface area contributed by atoms with Crippen molar-refractivity contribution in [2.75, 3.05) is 13.7 Å². The van der Waals surface area contributed by atoms with Crippen molar-refractivity contribution in [3.8, 4) is 5.75 Å². The topological polar surface area (TPSA) is 64.3 Å². The first-order valence-electron chi connectivity index (χ1n) is 6.76. The summed E-state index contributed by atoms with van der Waals surface area (Å²) >= 11 is 0. The molecule has 0 saturated heterocycles. The molecular formula is C15H22N2O2. The number of methoxy groups -OCH3 is 1. The number of nitrogens with two attached hydrogens (primary N) is 1. The minimum absolute atomic E-state index is 0.0116. The number of hydrogen-bond acceptors (Lipinski definition) is 3. The van der Waals surface area contributed by atoms with Gasteiger partial charge < -0.3 is 15.8 Å². The summed E-state index contributed by atoms with van der Waals surface area (Å²) in [6, 6.07) is 7.74. The molecule has 1 saturated carbocycles. The van der Waals surface area contributed by atoms with Crippen molar-refractivity contribution in [2.45, 2.75) is 32.2 Å². The van der Waals surface area contributed by atoms with Crippen LogP contribution in [0.4, 0.5) is 0 Å².